The van der Waals surface area contributed by atoms with E-state index in [1.165, 1.54) is 0 Å². The molecule has 3 N–H and O–H groups in total. The standard InChI is InChI=1S/C25H28N2O3/c26-24(25(28)27-16-7-17-29-22-10-5-2-6-11-22)18-20-12-14-23(15-13-20)30-19-21-8-3-1-4-9-21/h1-6,8-15,24H,7,16-19,26H2,(H,27,28)/t24-/m0/s1. The Labute approximate surface area is 177 Å². The molecule has 30 heavy (non-hydrogen) atoms. The van der Waals surface area contributed by atoms with Crippen molar-refractivity contribution < 1.29 is 14.3 Å². The number of amides is 1. The molecule has 3 rings (SSSR count). The summed E-state index contributed by atoms with van der Waals surface area (Å²) >= 11 is 0. The van der Waals surface area contributed by atoms with E-state index in [0.29, 0.717) is 26.2 Å². The smallest absolute Gasteiger partial charge is 0.237 e. The maximum atomic E-state index is 12.2. The molecule has 3 aromatic carbocycles. The third kappa shape index (κ3) is 7.26. The zero-order chi connectivity index (χ0) is 21.0. The molecule has 0 saturated carbocycles. The molecule has 1 atom stereocenters. The lowest BCUT2D eigenvalue weighted by molar-refractivity contribution is -0.122. The molecule has 0 aliphatic heterocycles. The van der Waals surface area contributed by atoms with Gasteiger partial charge in [0.2, 0.25) is 5.91 Å². The number of carbonyl (C=O) groups excluding carboxylic acids is 1. The van der Waals surface area contributed by atoms with Crippen LogP contribution in [0.1, 0.15) is 17.5 Å². The average Bonchev–Trinajstić information content (AvgIpc) is 2.79. The molecule has 0 bridgehead atoms. The maximum Gasteiger partial charge on any atom is 0.237 e. The number of hydrogen-bond donors (Lipinski definition) is 2. The van der Waals surface area contributed by atoms with Gasteiger partial charge in [0.25, 0.3) is 0 Å². The Hall–Kier alpha value is -3.31. The van der Waals surface area contributed by atoms with E-state index < -0.39 is 6.04 Å². The molecule has 0 heterocycles. The molecule has 5 heteroatoms. The molecule has 0 saturated heterocycles. The molecule has 0 aliphatic rings. The Bertz CT molecular complexity index is 883. The molecule has 0 fully saturated rings. The second-order valence-corrected chi connectivity index (χ2v) is 7.03. The van der Waals surface area contributed by atoms with Crippen LogP contribution in [0.4, 0.5) is 0 Å². The lowest BCUT2D eigenvalue weighted by atomic mass is 10.1. The van der Waals surface area contributed by atoms with E-state index in [2.05, 4.69) is 5.32 Å². The highest BCUT2D eigenvalue weighted by Crippen LogP contribution is 2.15. The minimum atomic E-state index is -0.587. The lowest BCUT2D eigenvalue weighted by Gasteiger charge is -2.13. The van der Waals surface area contributed by atoms with Crippen molar-refractivity contribution in [1.82, 2.24) is 5.32 Å². The SMILES string of the molecule is N[C@@H](Cc1ccc(OCc2ccccc2)cc1)C(=O)NCCCOc1ccccc1. The number of para-hydroxylation sites is 1. The first-order valence-electron chi connectivity index (χ1n) is 10.2. The van der Waals surface area contributed by atoms with E-state index in [1.54, 1.807) is 0 Å². The molecule has 1 amide bonds. The van der Waals surface area contributed by atoms with Crippen LogP contribution in [0.2, 0.25) is 0 Å². The van der Waals surface area contributed by atoms with Gasteiger partial charge < -0.3 is 20.5 Å². The number of nitrogens with two attached hydrogens (primary N) is 1. The largest absolute Gasteiger partial charge is 0.494 e. The highest BCUT2D eigenvalue weighted by molar-refractivity contribution is 5.81. The molecule has 156 valence electrons. The van der Waals surface area contributed by atoms with E-state index in [4.69, 9.17) is 15.2 Å². The van der Waals surface area contributed by atoms with Crippen molar-refractivity contribution in [3.05, 3.63) is 96.1 Å². The van der Waals surface area contributed by atoms with Crippen LogP contribution in [-0.2, 0) is 17.8 Å². The monoisotopic (exact) mass is 404 g/mol. The van der Waals surface area contributed by atoms with Crippen LogP contribution in [0.15, 0.2) is 84.9 Å². The topological polar surface area (TPSA) is 73.6 Å². The average molecular weight is 405 g/mol. The maximum absolute atomic E-state index is 12.2. The minimum absolute atomic E-state index is 0.154. The van der Waals surface area contributed by atoms with Crippen molar-refractivity contribution in [2.24, 2.45) is 5.73 Å². The first-order valence-corrected chi connectivity index (χ1v) is 10.2. The van der Waals surface area contributed by atoms with Gasteiger partial charge in [-0.3, -0.25) is 4.79 Å². The van der Waals surface area contributed by atoms with Gasteiger partial charge in [0.15, 0.2) is 0 Å². The zero-order valence-corrected chi connectivity index (χ0v) is 17.0. The van der Waals surface area contributed by atoms with Crippen molar-refractivity contribution in [2.75, 3.05) is 13.2 Å². The van der Waals surface area contributed by atoms with E-state index in [0.717, 1.165) is 29.0 Å². The summed E-state index contributed by atoms with van der Waals surface area (Å²) in [7, 11) is 0. The Morgan fingerprint density at radius 1 is 0.800 bits per heavy atom. The first kappa shape index (κ1) is 21.4. The number of ether oxygens (including phenoxy) is 2. The second-order valence-electron chi connectivity index (χ2n) is 7.03. The van der Waals surface area contributed by atoms with Gasteiger partial charge in [0.05, 0.1) is 12.6 Å². The van der Waals surface area contributed by atoms with Gasteiger partial charge >= 0.3 is 0 Å². The highest BCUT2D eigenvalue weighted by atomic mass is 16.5. The molecular weight excluding hydrogens is 376 g/mol. The molecule has 0 spiro atoms. The Kier molecular flexibility index (Phi) is 8.30. The Balaban J connectivity index is 1.34. The van der Waals surface area contributed by atoms with Crippen LogP contribution < -0.4 is 20.5 Å². The van der Waals surface area contributed by atoms with Gasteiger partial charge in [0.1, 0.15) is 18.1 Å². The van der Waals surface area contributed by atoms with Crippen LogP contribution in [0.25, 0.3) is 0 Å². The summed E-state index contributed by atoms with van der Waals surface area (Å²) in [6.45, 7) is 1.60. The third-order valence-electron chi connectivity index (χ3n) is 4.60. The summed E-state index contributed by atoms with van der Waals surface area (Å²) in [6, 6.07) is 26.8. The Morgan fingerprint density at radius 2 is 1.43 bits per heavy atom. The molecule has 0 unspecified atom stereocenters. The summed E-state index contributed by atoms with van der Waals surface area (Å²) in [5.41, 5.74) is 8.17. The van der Waals surface area contributed by atoms with Gasteiger partial charge in [-0.1, -0.05) is 60.7 Å². The van der Waals surface area contributed by atoms with Crippen LogP contribution in [0.3, 0.4) is 0 Å². The molecule has 5 nitrogen and oxygen atoms in total. The summed E-state index contributed by atoms with van der Waals surface area (Å²) in [5.74, 6) is 1.47. The fourth-order valence-corrected chi connectivity index (χ4v) is 2.93. The van der Waals surface area contributed by atoms with Crippen LogP contribution in [0, 0.1) is 0 Å². The van der Waals surface area contributed by atoms with Crippen molar-refractivity contribution in [3.63, 3.8) is 0 Å². The van der Waals surface area contributed by atoms with E-state index in [9.17, 15) is 4.79 Å². The van der Waals surface area contributed by atoms with Gasteiger partial charge in [-0.15, -0.1) is 0 Å². The van der Waals surface area contributed by atoms with Crippen LogP contribution in [-0.4, -0.2) is 25.1 Å². The third-order valence-corrected chi connectivity index (χ3v) is 4.60. The number of rotatable bonds is 11. The Morgan fingerprint density at radius 3 is 2.13 bits per heavy atom. The highest BCUT2D eigenvalue weighted by Gasteiger charge is 2.13. The van der Waals surface area contributed by atoms with E-state index >= 15 is 0 Å². The second kappa shape index (κ2) is 11.6. The van der Waals surface area contributed by atoms with Crippen molar-refractivity contribution >= 4 is 5.91 Å². The number of benzene rings is 3. The summed E-state index contributed by atoms with van der Waals surface area (Å²) in [6.07, 6.45) is 1.20. The minimum Gasteiger partial charge on any atom is -0.494 e. The first-order chi connectivity index (χ1) is 14.7. The van der Waals surface area contributed by atoms with Gasteiger partial charge in [-0.05, 0) is 48.2 Å². The number of hydrogen-bond acceptors (Lipinski definition) is 4. The summed E-state index contributed by atoms with van der Waals surface area (Å²) in [4.78, 5) is 12.2. The summed E-state index contributed by atoms with van der Waals surface area (Å²) in [5, 5.41) is 2.87. The van der Waals surface area contributed by atoms with E-state index in [1.807, 2.05) is 84.9 Å². The van der Waals surface area contributed by atoms with E-state index in [-0.39, 0.29) is 5.91 Å². The lowest BCUT2D eigenvalue weighted by Crippen LogP contribution is -2.42. The van der Waals surface area contributed by atoms with Crippen LogP contribution in [0.5, 0.6) is 11.5 Å². The predicted molar refractivity (Wildman–Crippen MR) is 118 cm³/mol. The normalized spacial score (nSPS) is 11.5. The quantitative estimate of drug-likeness (QED) is 0.478. The number of carbonyl (C=O) groups is 1. The van der Waals surface area contributed by atoms with Gasteiger partial charge in [-0.2, -0.15) is 0 Å². The van der Waals surface area contributed by atoms with Crippen LogP contribution >= 0.6 is 0 Å². The van der Waals surface area contributed by atoms with Crippen molar-refractivity contribution in [3.8, 4) is 11.5 Å². The van der Waals surface area contributed by atoms with Gasteiger partial charge in [0, 0.05) is 6.54 Å². The fraction of sp³-hybridized carbons (Fsp3) is 0.240. The van der Waals surface area contributed by atoms with Crippen molar-refractivity contribution in [2.45, 2.75) is 25.5 Å². The van der Waals surface area contributed by atoms with Gasteiger partial charge in [-0.25, -0.2) is 0 Å². The molecule has 0 radical (unpaired) electrons. The fourth-order valence-electron chi connectivity index (χ4n) is 2.93. The molecule has 3 aromatic rings. The van der Waals surface area contributed by atoms with Crippen molar-refractivity contribution in [1.29, 1.82) is 0 Å². The molecule has 0 aromatic heterocycles. The molecular formula is C25H28N2O3. The molecule has 0 aliphatic carbocycles. The summed E-state index contributed by atoms with van der Waals surface area (Å²) < 4.78 is 11.4. The predicted octanol–water partition coefficient (Wildman–Crippen LogP) is 3.72. The zero-order valence-electron chi connectivity index (χ0n) is 17.0. The number of nitrogens with one attached hydrogen (secondary N) is 1.